The number of Topliss-reactive ketones (excluding diaryl/α,β-unsaturated/α-hetero) is 1. The van der Waals surface area contributed by atoms with E-state index in [-0.39, 0.29) is 12.2 Å². The van der Waals surface area contributed by atoms with E-state index in [1.807, 2.05) is 0 Å². The highest BCUT2D eigenvalue weighted by Crippen LogP contribution is 2.23. The maximum Gasteiger partial charge on any atom is 0.169 e. The highest BCUT2D eigenvalue weighted by Gasteiger charge is 2.14. The molecule has 2 N–H and O–H groups in total. The van der Waals surface area contributed by atoms with Crippen LogP contribution in [0.4, 0.5) is 10.1 Å². The second kappa shape index (κ2) is 6.05. The van der Waals surface area contributed by atoms with Crippen molar-refractivity contribution in [2.24, 2.45) is 0 Å². The maximum absolute atomic E-state index is 13.7. The smallest absolute Gasteiger partial charge is 0.169 e. The Kier molecular flexibility index (Phi) is 4.39. The fraction of sp³-hybridized carbons (Fsp3) is 0.133. The summed E-state index contributed by atoms with van der Waals surface area (Å²) in [5.74, 6) is -0.126. The lowest BCUT2D eigenvalue weighted by Crippen LogP contribution is -2.08. The van der Waals surface area contributed by atoms with Gasteiger partial charge in [0, 0.05) is 22.1 Å². The molecular formula is C15H13BrFNO2. The van der Waals surface area contributed by atoms with E-state index in [0.29, 0.717) is 22.6 Å². The molecule has 0 aliphatic rings. The summed E-state index contributed by atoms with van der Waals surface area (Å²) in [7, 11) is 1.51. The van der Waals surface area contributed by atoms with E-state index in [9.17, 15) is 9.18 Å². The minimum Gasteiger partial charge on any atom is -0.497 e. The van der Waals surface area contributed by atoms with E-state index in [1.165, 1.54) is 13.2 Å². The molecular weight excluding hydrogens is 325 g/mol. The molecule has 0 radical (unpaired) electrons. The van der Waals surface area contributed by atoms with Crippen molar-refractivity contribution in [3.8, 4) is 5.75 Å². The first-order valence-corrected chi connectivity index (χ1v) is 6.71. The lowest BCUT2D eigenvalue weighted by molar-refractivity contribution is 0.0992. The fourth-order valence-electron chi connectivity index (χ4n) is 1.85. The fourth-order valence-corrected chi connectivity index (χ4v) is 2.26. The Balaban J connectivity index is 2.30. The van der Waals surface area contributed by atoms with Crippen LogP contribution in [-0.4, -0.2) is 12.9 Å². The number of carbonyl (C=O) groups excluding carboxylic acids is 1. The summed E-state index contributed by atoms with van der Waals surface area (Å²) < 4.78 is 19.4. The molecule has 0 aromatic heterocycles. The first-order valence-electron chi connectivity index (χ1n) is 5.92. The van der Waals surface area contributed by atoms with Gasteiger partial charge in [-0.2, -0.15) is 0 Å². The van der Waals surface area contributed by atoms with Gasteiger partial charge in [0.05, 0.1) is 7.11 Å². The number of ether oxygens (including phenoxy) is 1. The molecule has 0 spiro atoms. The van der Waals surface area contributed by atoms with Gasteiger partial charge < -0.3 is 10.5 Å². The third-order valence-electron chi connectivity index (χ3n) is 2.92. The normalized spacial score (nSPS) is 10.3. The molecule has 20 heavy (non-hydrogen) atoms. The number of hydrogen-bond donors (Lipinski definition) is 1. The van der Waals surface area contributed by atoms with Crippen LogP contribution < -0.4 is 10.5 Å². The Morgan fingerprint density at radius 2 is 2.05 bits per heavy atom. The summed E-state index contributed by atoms with van der Waals surface area (Å²) in [5.41, 5.74) is 6.80. The van der Waals surface area contributed by atoms with Crippen molar-refractivity contribution in [1.82, 2.24) is 0 Å². The number of benzene rings is 2. The van der Waals surface area contributed by atoms with Gasteiger partial charge in [-0.15, -0.1) is 0 Å². The second-order valence-corrected chi connectivity index (χ2v) is 5.20. The molecule has 0 saturated carbocycles. The number of anilines is 1. The molecule has 0 aliphatic carbocycles. The van der Waals surface area contributed by atoms with Crippen molar-refractivity contribution in [3.63, 3.8) is 0 Å². The van der Waals surface area contributed by atoms with E-state index in [4.69, 9.17) is 10.5 Å². The minimum absolute atomic E-state index is 0.0529. The Morgan fingerprint density at radius 1 is 1.30 bits per heavy atom. The van der Waals surface area contributed by atoms with Crippen molar-refractivity contribution in [2.75, 3.05) is 12.8 Å². The van der Waals surface area contributed by atoms with E-state index in [2.05, 4.69) is 15.9 Å². The predicted molar refractivity (Wildman–Crippen MR) is 79.5 cm³/mol. The van der Waals surface area contributed by atoms with Crippen LogP contribution >= 0.6 is 15.9 Å². The van der Waals surface area contributed by atoms with Crippen molar-refractivity contribution in [2.45, 2.75) is 6.42 Å². The summed E-state index contributed by atoms with van der Waals surface area (Å²) in [5, 5.41) is 0. The predicted octanol–water partition coefficient (Wildman–Crippen LogP) is 3.60. The summed E-state index contributed by atoms with van der Waals surface area (Å²) in [6, 6.07) is 9.33. The van der Waals surface area contributed by atoms with Crippen LogP contribution in [0.15, 0.2) is 40.9 Å². The molecule has 0 amide bonds. The van der Waals surface area contributed by atoms with Gasteiger partial charge in [0.15, 0.2) is 5.78 Å². The molecule has 0 unspecified atom stereocenters. The average Bonchev–Trinajstić information content (AvgIpc) is 2.43. The van der Waals surface area contributed by atoms with Crippen LogP contribution in [0.3, 0.4) is 0 Å². The molecule has 2 rings (SSSR count). The van der Waals surface area contributed by atoms with Crippen LogP contribution in [0.5, 0.6) is 5.75 Å². The van der Waals surface area contributed by atoms with Gasteiger partial charge >= 0.3 is 0 Å². The van der Waals surface area contributed by atoms with Crippen molar-refractivity contribution in [3.05, 3.63) is 57.8 Å². The minimum atomic E-state index is -0.414. The Labute approximate surface area is 124 Å². The van der Waals surface area contributed by atoms with Crippen LogP contribution in [0.2, 0.25) is 0 Å². The molecule has 3 nitrogen and oxygen atoms in total. The number of carbonyl (C=O) groups is 1. The van der Waals surface area contributed by atoms with Gasteiger partial charge in [0.25, 0.3) is 0 Å². The third kappa shape index (κ3) is 3.17. The molecule has 0 atom stereocenters. The SMILES string of the molecule is COc1ccc(N)c(C(=O)Cc2cc(Br)ccc2F)c1. The van der Waals surface area contributed by atoms with Gasteiger partial charge in [0.2, 0.25) is 0 Å². The Hall–Kier alpha value is -1.88. The van der Waals surface area contributed by atoms with Gasteiger partial charge in [-0.25, -0.2) is 4.39 Å². The molecule has 5 heteroatoms. The number of hydrogen-bond acceptors (Lipinski definition) is 3. The highest BCUT2D eigenvalue weighted by atomic mass is 79.9. The van der Waals surface area contributed by atoms with Crippen molar-refractivity contribution >= 4 is 27.4 Å². The number of halogens is 2. The number of nitrogens with two attached hydrogens (primary N) is 1. The molecule has 0 fully saturated rings. The third-order valence-corrected chi connectivity index (χ3v) is 3.41. The first kappa shape index (κ1) is 14.5. The van der Waals surface area contributed by atoms with Gasteiger partial charge in [0.1, 0.15) is 11.6 Å². The largest absolute Gasteiger partial charge is 0.497 e. The lowest BCUT2D eigenvalue weighted by atomic mass is 10.0. The molecule has 0 aliphatic heterocycles. The summed E-state index contributed by atoms with van der Waals surface area (Å²) >= 11 is 3.26. The molecule has 0 heterocycles. The number of methoxy groups -OCH3 is 1. The van der Waals surface area contributed by atoms with E-state index < -0.39 is 5.82 Å². The Bertz CT molecular complexity index is 658. The van der Waals surface area contributed by atoms with Crippen LogP contribution in [0.25, 0.3) is 0 Å². The number of ketones is 1. The first-order chi connectivity index (χ1) is 9.51. The van der Waals surface area contributed by atoms with Crippen molar-refractivity contribution < 1.29 is 13.9 Å². The topological polar surface area (TPSA) is 52.3 Å². The number of rotatable bonds is 4. The molecule has 0 saturated heterocycles. The van der Waals surface area contributed by atoms with Gasteiger partial charge in [-0.05, 0) is 42.0 Å². The van der Waals surface area contributed by atoms with E-state index >= 15 is 0 Å². The Morgan fingerprint density at radius 3 is 2.75 bits per heavy atom. The van der Waals surface area contributed by atoms with E-state index in [0.717, 1.165) is 4.47 Å². The maximum atomic E-state index is 13.7. The molecule has 104 valence electrons. The lowest BCUT2D eigenvalue weighted by Gasteiger charge is -2.08. The van der Waals surface area contributed by atoms with Crippen molar-refractivity contribution in [1.29, 1.82) is 0 Å². The molecule has 2 aromatic rings. The van der Waals surface area contributed by atoms with Gasteiger partial charge in [-0.3, -0.25) is 4.79 Å². The highest BCUT2D eigenvalue weighted by molar-refractivity contribution is 9.10. The van der Waals surface area contributed by atoms with Crippen LogP contribution in [-0.2, 0) is 6.42 Å². The zero-order valence-corrected chi connectivity index (χ0v) is 12.4. The standard InChI is InChI=1S/C15H13BrFNO2/c1-20-11-3-5-14(18)12(8-11)15(19)7-9-6-10(16)2-4-13(9)17/h2-6,8H,7,18H2,1H3. The summed E-state index contributed by atoms with van der Waals surface area (Å²) in [6.07, 6.45) is -0.0529. The second-order valence-electron chi connectivity index (χ2n) is 4.29. The van der Waals surface area contributed by atoms with Crippen LogP contribution in [0, 0.1) is 5.82 Å². The molecule has 2 aromatic carbocycles. The molecule has 0 bridgehead atoms. The monoisotopic (exact) mass is 337 g/mol. The average molecular weight is 338 g/mol. The number of nitrogen functional groups attached to an aromatic ring is 1. The zero-order valence-electron chi connectivity index (χ0n) is 10.8. The summed E-state index contributed by atoms with van der Waals surface area (Å²) in [4.78, 5) is 12.2. The quantitative estimate of drug-likeness (QED) is 0.685. The van der Waals surface area contributed by atoms with E-state index in [1.54, 1.807) is 30.3 Å². The van der Waals surface area contributed by atoms with Gasteiger partial charge in [-0.1, -0.05) is 15.9 Å². The van der Waals surface area contributed by atoms with Crippen LogP contribution in [0.1, 0.15) is 15.9 Å². The zero-order chi connectivity index (χ0) is 14.7. The summed E-state index contributed by atoms with van der Waals surface area (Å²) in [6.45, 7) is 0.